The first-order valence-electron chi connectivity index (χ1n) is 12.7. The van der Waals surface area contributed by atoms with Crippen LogP contribution in [0.2, 0.25) is 0 Å². The molecule has 0 spiro atoms. The van der Waals surface area contributed by atoms with Gasteiger partial charge in [-0.15, -0.1) is 24.8 Å². The van der Waals surface area contributed by atoms with Crippen LogP contribution in [0.5, 0.6) is 0 Å². The minimum absolute atomic E-state index is 0. The number of aromatic nitrogens is 2. The van der Waals surface area contributed by atoms with Crippen molar-refractivity contribution in [3.63, 3.8) is 0 Å². The quantitative estimate of drug-likeness (QED) is 0.325. The monoisotopic (exact) mass is 595 g/mol. The zero-order valence-corrected chi connectivity index (χ0v) is 24.7. The molecular formula is C27H36Cl2FN7O3. The fourth-order valence-corrected chi connectivity index (χ4v) is 4.46. The Hall–Kier alpha value is -3.25. The van der Waals surface area contributed by atoms with E-state index in [2.05, 4.69) is 32.9 Å². The van der Waals surface area contributed by atoms with Crippen LogP contribution in [0.1, 0.15) is 29.5 Å². The van der Waals surface area contributed by atoms with Gasteiger partial charge in [0.1, 0.15) is 5.82 Å². The number of hydrazine groups is 1. The number of anilines is 1. The summed E-state index contributed by atoms with van der Waals surface area (Å²) in [4.78, 5) is 32.1. The fraction of sp³-hybridized carbons (Fsp3) is 0.407. The molecule has 0 saturated heterocycles. The van der Waals surface area contributed by atoms with Crippen LogP contribution in [-0.4, -0.2) is 71.7 Å². The van der Waals surface area contributed by atoms with E-state index in [1.165, 1.54) is 17.2 Å². The molecule has 0 aliphatic carbocycles. The molecule has 40 heavy (non-hydrogen) atoms. The largest absolute Gasteiger partial charge is 0.353 e. The van der Waals surface area contributed by atoms with Crippen LogP contribution in [0, 0.1) is 19.7 Å². The third kappa shape index (κ3) is 7.91. The first-order valence-corrected chi connectivity index (χ1v) is 12.7. The summed E-state index contributed by atoms with van der Waals surface area (Å²) in [7, 11) is 1.73. The smallest absolute Gasteiger partial charge is 0.256 e. The highest BCUT2D eigenvalue weighted by atomic mass is 35.5. The highest BCUT2D eigenvalue weighted by Crippen LogP contribution is 2.30. The van der Waals surface area contributed by atoms with Gasteiger partial charge in [0.15, 0.2) is 0 Å². The van der Waals surface area contributed by atoms with Gasteiger partial charge in [-0.3, -0.25) is 14.6 Å². The van der Waals surface area contributed by atoms with Gasteiger partial charge in [0, 0.05) is 45.8 Å². The molecule has 0 radical (unpaired) electrons. The van der Waals surface area contributed by atoms with E-state index < -0.39 is 5.82 Å². The zero-order valence-electron chi connectivity index (χ0n) is 23.1. The summed E-state index contributed by atoms with van der Waals surface area (Å²) in [5.74, 6) is -0.539. The molecule has 1 aliphatic heterocycles. The van der Waals surface area contributed by atoms with Gasteiger partial charge in [-0.25, -0.2) is 9.40 Å². The SMILES string of the molecule is CCNCCNC(=O)CN(CC(=O)N(C)N1Cc2ccccc2C1)c1cc(-c2noc(C)n2)c(F)cc1C.Cl.Cl. The molecule has 2 aromatic carbocycles. The van der Waals surface area contributed by atoms with Gasteiger partial charge < -0.3 is 20.1 Å². The Morgan fingerprint density at radius 1 is 1.07 bits per heavy atom. The number of aryl methyl sites for hydroxylation is 2. The van der Waals surface area contributed by atoms with E-state index in [-0.39, 0.29) is 61.1 Å². The number of nitrogens with one attached hydrogen (secondary N) is 2. The molecule has 0 unspecified atom stereocenters. The average Bonchev–Trinajstić information content (AvgIpc) is 3.52. The van der Waals surface area contributed by atoms with Crippen molar-refractivity contribution >= 4 is 42.3 Å². The zero-order chi connectivity index (χ0) is 27.2. The molecule has 3 aromatic rings. The first-order chi connectivity index (χ1) is 18.3. The van der Waals surface area contributed by atoms with Gasteiger partial charge in [0.05, 0.1) is 18.7 Å². The molecule has 10 nitrogen and oxygen atoms in total. The lowest BCUT2D eigenvalue weighted by Crippen LogP contribution is -2.48. The second kappa shape index (κ2) is 14.9. The van der Waals surface area contributed by atoms with Crippen LogP contribution in [-0.2, 0) is 22.7 Å². The highest BCUT2D eigenvalue weighted by molar-refractivity contribution is 5.87. The second-order valence-corrected chi connectivity index (χ2v) is 9.32. The predicted octanol–water partition coefficient (Wildman–Crippen LogP) is 3.26. The number of amides is 2. The summed E-state index contributed by atoms with van der Waals surface area (Å²) in [5.41, 5.74) is 3.61. The summed E-state index contributed by atoms with van der Waals surface area (Å²) in [5, 5.41) is 13.4. The highest BCUT2D eigenvalue weighted by Gasteiger charge is 2.27. The Balaban J connectivity index is 0.00000280. The van der Waals surface area contributed by atoms with Gasteiger partial charge in [-0.1, -0.05) is 36.3 Å². The molecule has 0 saturated carbocycles. The maximum Gasteiger partial charge on any atom is 0.256 e. The summed E-state index contributed by atoms with van der Waals surface area (Å²) in [6.07, 6.45) is 0. The number of hydrogen-bond donors (Lipinski definition) is 2. The summed E-state index contributed by atoms with van der Waals surface area (Å²) >= 11 is 0. The summed E-state index contributed by atoms with van der Waals surface area (Å²) in [6.45, 7) is 8.34. The summed E-state index contributed by atoms with van der Waals surface area (Å²) in [6, 6.07) is 11.0. The van der Waals surface area contributed by atoms with E-state index in [1.54, 1.807) is 36.9 Å². The van der Waals surface area contributed by atoms with Crippen molar-refractivity contribution in [3.05, 3.63) is 64.8 Å². The third-order valence-corrected chi connectivity index (χ3v) is 6.54. The molecule has 2 amide bonds. The Kier molecular flexibility index (Phi) is 12.3. The lowest BCUT2D eigenvalue weighted by atomic mass is 10.1. The summed E-state index contributed by atoms with van der Waals surface area (Å²) < 4.78 is 19.9. The molecule has 1 aromatic heterocycles. The van der Waals surface area contributed by atoms with E-state index in [1.807, 2.05) is 24.1 Å². The van der Waals surface area contributed by atoms with Crippen LogP contribution in [0.15, 0.2) is 40.9 Å². The van der Waals surface area contributed by atoms with E-state index in [0.717, 1.165) is 6.54 Å². The van der Waals surface area contributed by atoms with Gasteiger partial charge in [0.25, 0.3) is 5.91 Å². The van der Waals surface area contributed by atoms with Gasteiger partial charge in [-0.2, -0.15) is 4.98 Å². The van der Waals surface area contributed by atoms with Crippen molar-refractivity contribution in [3.8, 4) is 11.4 Å². The maximum atomic E-state index is 14.9. The van der Waals surface area contributed by atoms with E-state index in [0.29, 0.717) is 43.3 Å². The lowest BCUT2D eigenvalue weighted by molar-refractivity contribution is -0.145. The molecule has 0 atom stereocenters. The van der Waals surface area contributed by atoms with E-state index in [9.17, 15) is 14.0 Å². The second-order valence-electron chi connectivity index (χ2n) is 9.32. The Labute approximate surface area is 246 Å². The number of halogens is 3. The van der Waals surface area contributed by atoms with Gasteiger partial charge in [0.2, 0.25) is 17.6 Å². The fourth-order valence-electron chi connectivity index (χ4n) is 4.46. The van der Waals surface area contributed by atoms with Gasteiger partial charge in [-0.05, 0) is 42.3 Å². The molecule has 2 N–H and O–H groups in total. The standard InChI is InChI=1S/C27H34FN7O3.2ClH/c1-5-29-10-11-30-25(36)16-34(17-26(37)33(4)35-14-20-8-6-7-9-21(20)15-35)24-13-22(23(28)12-18(24)2)27-31-19(3)38-32-27;;/h6-9,12-13,29H,5,10-11,14-17H2,1-4H3,(H,30,36);2*1H. The number of likely N-dealkylation sites (N-methyl/N-ethyl adjacent to an activating group) is 2. The molecule has 218 valence electrons. The van der Waals surface area contributed by atoms with Gasteiger partial charge >= 0.3 is 0 Å². The van der Waals surface area contributed by atoms with Crippen LogP contribution in [0.25, 0.3) is 11.4 Å². The minimum atomic E-state index is -0.514. The number of rotatable bonds is 11. The number of hydrogen-bond acceptors (Lipinski definition) is 8. The topological polar surface area (TPSA) is 107 Å². The molecular weight excluding hydrogens is 560 g/mol. The van der Waals surface area contributed by atoms with E-state index in [4.69, 9.17) is 4.52 Å². The van der Waals surface area contributed by atoms with Crippen LogP contribution in [0.3, 0.4) is 0 Å². The molecule has 4 rings (SSSR count). The number of benzene rings is 2. The molecule has 13 heteroatoms. The van der Waals surface area contributed by atoms with Crippen molar-refractivity contribution in [2.75, 3.05) is 44.7 Å². The van der Waals surface area contributed by atoms with E-state index >= 15 is 0 Å². The Bertz CT molecular complexity index is 1280. The Morgan fingerprint density at radius 2 is 1.75 bits per heavy atom. The van der Waals surface area contributed by atoms with Crippen LogP contribution < -0.4 is 15.5 Å². The van der Waals surface area contributed by atoms with Crippen LogP contribution in [0.4, 0.5) is 10.1 Å². The van der Waals surface area contributed by atoms with Crippen molar-refractivity contribution in [2.24, 2.45) is 0 Å². The Morgan fingerprint density at radius 3 is 2.35 bits per heavy atom. The van der Waals surface area contributed by atoms with Crippen LogP contribution >= 0.6 is 24.8 Å². The number of carbonyl (C=O) groups is 2. The predicted molar refractivity (Wildman–Crippen MR) is 156 cm³/mol. The molecule has 1 aliphatic rings. The van der Waals surface area contributed by atoms with Crippen molar-refractivity contribution in [1.82, 2.24) is 30.8 Å². The van der Waals surface area contributed by atoms with Crippen molar-refractivity contribution in [2.45, 2.75) is 33.9 Å². The molecule has 0 fully saturated rings. The number of fused-ring (bicyclic) bond motifs is 1. The maximum absolute atomic E-state index is 14.9. The third-order valence-electron chi connectivity index (χ3n) is 6.54. The van der Waals surface area contributed by atoms with Crippen molar-refractivity contribution in [1.29, 1.82) is 0 Å². The number of carbonyl (C=O) groups excluding carboxylic acids is 2. The minimum Gasteiger partial charge on any atom is -0.353 e. The number of nitrogens with zero attached hydrogens (tertiary/aromatic N) is 5. The first kappa shape index (κ1) is 33.0. The lowest BCUT2D eigenvalue weighted by Gasteiger charge is -2.32. The average molecular weight is 597 g/mol. The van der Waals surface area contributed by atoms with Crippen molar-refractivity contribution < 1.29 is 18.5 Å². The molecule has 2 heterocycles. The normalized spacial score (nSPS) is 12.2. The molecule has 0 bridgehead atoms.